The minimum absolute atomic E-state index is 0.257. The molecule has 2 N–H and O–H groups in total. The second-order valence-electron chi connectivity index (χ2n) is 5.51. The molecule has 2 aromatic heterocycles. The maximum atomic E-state index is 6.16. The molecule has 0 radical (unpaired) electrons. The molecule has 23 heavy (non-hydrogen) atoms. The van der Waals surface area contributed by atoms with Crippen LogP contribution in [0, 0.1) is 0 Å². The van der Waals surface area contributed by atoms with Gasteiger partial charge in [-0.1, -0.05) is 51.1 Å². The lowest BCUT2D eigenvalue weighted by Gasteiger charge is -2.15. The number of aromatic nitrogens is 3. The Kier molecular flexibility index (Phi) is 5.50. The summed E-state index contributed by atoms with van der Waals surface area (Å²) in [5, 5.41) is 0.585. The van der Waals surface area contributed by atoms with Crippen molar-refractivity contribution in [2.45, 2.75) is 33.1 Å². The van der Waals surface area contributed by atoms with E-state index >= 15 is 0 Å². The van der Waals surface area contributed by atoms with E-state index in [9.17, 15) is 0 Å². The molecular formula is C18H21ClN4. The highest BCUT2D eigenvalue weighted by Crippen LogP contribution is 2.30. The number of halogens is 1. The van der Waals surface area contributed by atoms with E-state index in [0.717, 1.165) is 28.8 Å². The van der Waals surface area contributed by atoms with Gasteiger partial charge in [0, 0.05) is 29.1 Å². The molecular weight excluding hydrogens is 308 g/mol. The Balaban J connectivity index is 2.65. The van der Waals surface area contributed by atoms with E-state index < -0.39 is 0 Å². The van der Waals surface area contributed by atoms with Crippen LogP contribution < -0.4 is 5.73 Å². The molecule has 2 aromatic rings. The highest BCUT2D eigenvalue weighted by atomic mass is 35.5. The molecule has 0 aliphatic carbocycles. The van der Waals surface area contributed by atoms with Gasteiger partial charge in [-0.25, -0.2) is 9.97 Å². The number of nitrogens with zero attached hydrogens (tertiary/aromatic N) is 3. The fraction of sp³-hybridized carbons (Fsp3) is 0.278. The first-order chi connectivity index (χ1) is 11.0. The van der Waals surface area contributed by atoms with Gasteiger partial charge in [0.1, 0.15) is 5.82 Å². The van der Waals surface area contributed by atoms with Crippen molar-refractivity contribution in [2.24, 2.45) is 0 Å². The predicted octanol–water partition coefficient (Wildman–Crippen LogP) is 4.72. The van der Waals surface area contributed by atoms with E-state index in [1.807, 2.05) is 6.07 Å². The molecule has 0 saturated heterocycles. The first-order valence-electron chi connectivity index (χ1n) is 7.59. The average Bonchev–Trinajstić information content (AvgIpc) is 2.52. The second kappa shape index (κ2) is 7.38. The van der Waals surface area contributed by atoms with Gasteiger partial charge in [-0.05, 0) is 18.4 Å². The Labute approximate surface area is 142 Å². The maximum Gasteiger partial charge on any atom is 0.161 e. The zero-order valence-electron chi connectivity index (χ0n) is 13.7. The standard InChI is InChI=1S/C18H21ClN4/c1-5-7-14(18-22-9-12(6-2)17(20)23-18)15-8-13(19)10-21-16(15)11(3)4/h6-11H,2,5H2,1,3-4H3,(H2,20,22,23). The van der Waals surface area contributed by atoms with Crippen molar-refractivity contribution in [3.8, 4) is 0 Å². The van der Waals surface area contributed by atoms with Crippen LogP contribution in [0.5, 0.6) is 0 Å². The van der Waals surface area contributed by atoms with Gasteiger partial charge in [0.2, 0.25) is 0 Å². The monoisotopic (exact) mass is 328 g/mol. The molecule has 0 fully saturated rings. The molecule has 2 rings (SSSR count). The third kappa shape index (κ3) is 3.77. The van der Waals surface area contributed by atoms with Crippen molar-refractivity contribution in [3.05, 3.63) is 58.8 Å². The predicted molar refractivity (Wildman–Crippen MR) is 97.2 cm³/mol. The summed E-state index contributed by atoms with van der Waals surface area (Å²) in [4.78, 5) is 13.3. The van der Waals surface area contributed by atoms with Gasteiger partial charge in [0.25, 0.3) is 0 Å². The highest BCUT2D eigenvalue weighted by Gasteiger charge is 2.17. The van der Waals surface area contributed by atoms with Crippen molar-refractivity contribution < 1.29 is 0 Å². The number of allylic oxidation sites excluding steroid dienone is 1. The number of pyridine rings is 1. The molecule has 0 aliphatic heterocycles. The van der Waals surface area contributed by atoms with Crippen molar-refractivity contribution >= 4 is 29.1 Å². The molecule has 0 bridgehead atoms. The minimum Gasteiger partial charge on any atom is -0.383 e. The topological polar surface area (TPSA) is 64.7 Å². The van der Waals surface area contributed by atoms with Crippen LogP contribution in [0.2, 0.25) is 5.02 Å². The molecule has 4 nitrogen and oxygen atoms in total. The first kappa shape index (κ1) is 17.2. The molecule has 2 heterocycles. The zero-order valence-corrected chi connectivity index (χ0v) is 14.4. The van der Waals surface area contributed by atoms with Crippen molar-refractivity contribution in [1.82, 2.24) is 15.0 Å². The van der Waals surface area contributed by atoms with E-state index in [1.54, 1.807) is 18.5 Å². The molecule has 0 spiro atoms. The lowest BCUT2D eigenvalue weighted by atomic mass is 9.96. The number of nitrogens with two attached hydrogens (primary N) is 1. The van der Waals surface area contributed by atoms with Crippen molar-refractivity contribution in [2.75, 3.05) is 5.73 Å². The van der Waals surface area contributed by atoms with Crippen LogP contribution in [-0.4, -0.2) is 15.0 Å². The number of rotatable bonds is 5. The van der Waals surface area contributed by atoms with Crippen LogP contribution in [0.15, 0.2) is 31.1 Å². The summed E-state index contributed by atoms with van der Waals surface area (Å²) in [6, 6.07) is 1.91. The summed E-state index contributed by atoms with van der Waals surface area (Å²) < 4.78 is 0. The summed E-state index contributed by atoms with van der Waals surface area (Å²) in [5.74, 6) is 1.24. The summed E-state index contributed by atoms with van der Waals surface area (Å²) in [6.07, 6.45) is 7.90. The second-order valence-corrected chi connectivity index (χ2v) is 5.94. The van der Waals surface area contributed by atoms with Crippen LogP contribution in [0.4, 0.5) is 5.82 Å². The van der Waals surface area contributed by atoms with Gasteiger partial charge in [0.15, 0.2) is 5.82 Å². The molecule has 0 saturated carbocycles. The van der Waals surface area contributed by atoms with E-state index in [4.69, 9.17) is 17.3 Å². The maximum absolute atomic E-state index is 6.16. The molecule has 0 aliphatic rings. The zero-order chi connectivity index (χ0) is 17.0. The summed E-state index contributed by atoms with van der Waals surface area (Å²) >= 11 is 6.16. The Morgan fingerprint density at radius 3 is 2.65 bits per heavy atom. The highest BCUT2D eigenvalue weighted by molar-refractivity contribution is 6.30. The van der Waals surface area contributed by atoms with Gasteiger partial charge >= 0.3 is 0 Å². The van der Waals surface area contributed by atoms with Gasteiger partial charge < -0.3 is 5.73 Å². The van der Waals surface area contributed by atoms with Crippen molar-refractivity contribution in [3.63, 3.8) is 0 Å². The Morgan fingerprint density at radius 1 is 1.35 bits per heavy atom. The quantitative estimate of drug-likeness (QED) is 0.862. The van der Waals surface area contributed by atoms with E-state index in [-0.39, 0.29) is 5.92 Å². The van der Waals surface area contributed by atoms with Crippen LogP contribution >= 0.6 is 11.6 Å². The summed E-state index contributed by atoms with van der Waals surface area (Å²) in [5.41, 5.74) is 9.50. The minimum atomic E-state index is 0.257. The lowest BCUT2D eigenvalue weighted by Crippen LogP contribution is -2.06. The summed E-state index contributed by atoms with van der Waals surface area (Å²) in [6.45, 7) is 9.96. The number of nitrogen functional groups attached to an aromatic ring is 1. The number of hydrogen-bond acceptors (Lipinski definition) is 4. The average molecular weight is 329 g/mol. The largest absolute Gasteiger partial charge is 0.383 e. The first-order valence-corrected chi connectivity index (χ1v) is 7.97. The molecule has 0 atom stereocenters. The normalized spacial score (nSPS) is 11.8. The smallest absolute Gasteiger partial charge is 0.161 e. The van der Waals surface area contributed by atoms with E-state index in [2.05, 4.69) is 48.4 Å². The Hall–Kier alpha value is -2.20. The van der Waals surface area contributed by atoms with Crippen molar-refractivity contribution in [1.29, 1.82) is 0 Å². The molecule has 0 amide bonds. The number of anilines is 1. The Bertz CT molecular complexity index is 751. The fourth-order valence-electron chi connectivity index (χ4n) is 2.34. The molecule has 120 valence electrons. The fourth-order valence-corrected chi connectivity index (χ4v) is 2.50. The third-order valence-corrected chi connectivity index (χ3v) is 3.65. The number of hydrogen-bond donors (Lipinski definition) is 1. The van der Waals surface area contributed by atoms with Crippen LogP contribution in [0.25, 0.3) is 11.6 Å². The lowest BCUT2D eigenvalue weighted by molar-refractivity contribution is 0.817. The van der Waals surface area contributed by atoms with E-state index in [1.165, 1.54) is 0 Å². The van der Waals surface area contributed by atoms with Gasteiger partial charge in [-0.3, -0.25) is 4.98 Å². The summed E-state index contributed by atoms with van der Waals surface area (Å²) in [7, 11) is 0. The van der Waals surface area contributed by atoms with Crippen LogP contribution in [-0.2, 0) is 0 Å². The van der Waals surface area contributed by atoms with Crippen LogP contribution in [0.1, 0.15) is 55.8 Å². The molecule has 0 unspecified atom stereocenters. The van der Waals surface area contributed by atoms with Crippen LogP contribution in [0.3, 0.4) is 0 Å². The van der Waals surface area contributed by atoms with Gasteiger partial charge in [0.05, 0.1) is 10.7 Å². The molecule has 0 aromatic carbocycles. The van der Waals surface area contributed by atoms with Gasteiger partial charge in [-0.2, -0.15) is 0 Å². The van der Waals surface area contributed by atoms with Gasteiger partial charge in [-0.15, -0.1) is 0 Å². The Morgan fingerprint density at radius 2 is 2.09 bits per heavy atom. The van der Waals surface area contributed by atoms with E-state index in [0.29, 0.717) is 16.7 Å². The third-order valence-electron chi connectivity index (χ3n) is 3.44. The SMILES string of the molecule is C=Cc1cnc(C(=CCC)c2cc(Cl)cnc2C(C)C)nc1N. The molecule has 5 heteroatoms.